The minimum absolute atomic E-state index is 0.0440. The molecule has 1 saturated heterocycles. The SMILES string of the molecule is COC(=O)c1cccc(CN2CC[C@](O)(c3ccccc3)[C@H](N(C)C)C2)n1. The number of aliphatic hydroxyl groups is 1. The van der Waals surface area contributed by atoms with Gasteiger partial charge in [-0.15, -0.1) is 0 Å². The van der Waals surface area contributed by atoms with Gasteiger partial charge in [0.05, 0.1) is 18.8 Å². The molecule has 1 fully saturated rings. The van der Waals surface area contributed by atoms with Crippen LogP contribution in [-0.2, 0) is 16.9 Å². The molecule has 1 aliphatic rings. The molecule has 1 aliphatic heterocycles. The van der Waals surface area contributed by atoms with Crippen LogP contribution in [0.25, 0.3) is 0 Å². The number of piperidine rings is 1. The highest BCUT2D eigenvalue weighted by Crippen LogP contribution is 2.35. The van der Waals surface area contributed by atoms with E-state index >= 15 is 0 Å². The first-order chi connectivity index (χ1) is 12.9. The van der Waals surface area contributed by atoms with E-state index in [0.717, 1.165) is 17.8 Å². The quantitative estimate of drug-likeness (QED) is 0.812. The molecule has 2 atom stereocenters. The van der Waals surface area contributed by atoms with E-state index in [0.29, 0.717) is 25.2 Å². The highest BCUT2D eigenvalue weighted by Gasteiger charge is 2.43. The molecule has 1 aromatic carbocycles. The number of pyridine rings is 1. The van der Waals surface area contributed by atoms with Gasteiger partial charge in [-0.05, 0) is 38.2 Å². The molecule has 1 N–H and O–H groups in total. The number of hydrogen-bond acceptors (Lipinski definition) is 6. The van der Waals surface area contributed by atoms with Gasteiger partial charge in [0.2, 0.25) is 0 Å². The van der Waals surface area contributed by atoms with Crippen LogP contribution in [-0.4, -0.2) is 66.2 Å². The number of carbonyl (C=O) groups excluding carboxylic acids is 1. The second kappa shape index (κ2) is 8.17. The smallest absolute Gasteiger partial charge is 0.356 e. The minimum atomic E-state index is -0.886. The van der Waals surface area contributed by atoms with Crippen LogP contribution in [0, 0.1) is 0 Å². The summed E-state index contributed by atoms with van der Waals surface area (Å²) < 4.78 is 4.75. The maximum atomic E-state index is 11.7. The Morgan fingerprint density at radius 2 is 2.00 bits per heavy atom. The number of carbonyl (C=O) groups is 1. The van der Waals surface area contributed by atoms with E-state index in [1.807, 2.05) is 56.6 Å². The van der Waals surface area contributed by atoms with Gasteiger partial charge in [-0.25, -0.2) is 9.78 Å². The molecule has 0 radical (unpaired) electrons. The molecule has 6 heteroatoms. The summed E-state index contributed by atoms with van der Waals surface area (Å²) in [4.78, 5) is 20.5. The Hall–Kier alpha value is -2.28. The molecule has 0 amide bonds. The first-order valence-electron chi connectivity index (χ1n) is 9.15. The van der Waals surface area contributed by atoms with Crippen molar-refractivity contribution in [2.24, 2.45) is 0 Å². The Balaban J connectivity index is 1.77. The van der Waals surface area contributed by atoms with Gasteiger partial charge in [0, 0.05) is 19.6 Å². The third-order valence-corrected chi connectivity index (χ3v) is 5.28. The van der Waals surface area contributed by atoms with Crippen LogP contribution in [0.5, 0.6) is 0 Å². The number of likely N-dealkylation sites (N-methyl/N-ethyl adjacent to an activating group) is 1. The third kappa shape index (κ3) is 4.18. The summed E-state index contributed by atoms with van der Waals surface area (Å²) >= 11 is 0. The van der Waals surface area contributed by atoms with Gasteiger partial charge in [-0.3, -0.25) is 4.90 Å². The number of hydrogen-bond donors (Lipinski definition) is 1. The fourth-order valence-corrected chi connectivity index (χ4v) is 3.79. The van der Waals surface area contributed by atoms with Crippen molar-refractivity contribution in [1.29, 1.82) is 0 Å². The molecular weight excluding hydrogens is 342 g/mol. The Morgan fingerprint density at radius 3 is 2.67 bits per heavy atom. The summed E-state index contributed by atoms with van der Waals surface area (Å²) in [5.74, 6) is -0.430. The molecule has 0 unspecified atom stereocenters. The second-order valence-electron chi connectivity index (χ2n) is 7.26. The van der Waals surface area contributed by atoms with Gasteiger partial charge in [-0.2, -0.15) is 0 Å². The van der Waals surface area contributed by atoms with Crippen molar-refractivity contribution in [2.75, 3.05) is 34.3 Å². The molecular formula is C21H27N3O3. The van der Waals surface area contributed by atoms with E-state index in [-0.39, 0.29) is 6.04 Å². The van der Waals surface area contributed by atoms with Gasteiger partial charge in [0.1, 0.15) is 11.3 Å². The average molecular weight is 369 g/mol. The van der Waals surface area contributed by atoms with E-state index in [2.05, 4.69) is 14.8 Å². The summed E-state index contributed by atoms with van der Waals surface area (Å²) in [6.07, 6.45) is 0.635. The van der Waals surface area contributed by atoms with Gasteiger partial charge >= 0.3 is 5.97 Å². The number of nitrogens with zero attached hydrogens (tertiary/aromatic N) is 3. The molecule has 2 heterocycles. The van der Waals surface area contributed by atoms with Crippen LogP contribution >= 0.6 is 0 Å². The zero-order valence-electron chi connectivity index (χ0n) is 16.1. The fourth-order valence-electron chi connectivity index (χ4n) is 3.79. The lowest BCUT2D eigenvalue weighted by Gasteiger charge is -2.47. The van der Waals surface area contributed by atoms with E-state index in [1.54, 1.807) is 6.07 Å². The van der Waals surface area contributed by atoms with Crippen LogP contribution in [0.2, 0.25) is 0 Å². The first-order valence-corrected chi connectivity index (χ1v) is 9.15. The monoisotopic (exact) mass is 369 g/mol. The summed E-state index contributed by atoms with van der Waals surface area (Å²) in [6.45, 7) is 2.09. The van der Waals surface area contributed by atoms with Crippen LogP contribution < -0.4 is 0 Å². The number of rotatable bonds is 5. The standard InChI is InChI=1S/C21H27N3O3/c1-23(2)19-15-24(13-12-21(19,26)16-8-5-4-6-9-16)14-17-10-7-11-18(22-17)20(25)27-3/h4-11,19,26H,12-15H2,1-3H3/t19-,21+/m1/s1. The molecule has 0 saturated carbocycles. The summed E-state index contributed by atoms with van der Waals surface area (Å²) in [5, 5.41) is 11.5. The van der Waals surface area contributed by atoms with Crippen molar-refractivity contribution < 1.29 is 14.6 Å². The van der Waals surface area contributed by atoms with Crippen molar-refractivity contribution in [2.45, 2.75) is 24.6 Å². The van der Waals surface area contributed by atoms with Gasteiger partial charge in [0.15, 0.2) is 0 Å². The predicted octanol–water partition coefficient (Wildman–Crippen LogP) is 1.89. The van der Waals surface area contributed by atoms with Gasteiger partial charge in [-0.1, -0.05) is 36.4 Å². The van der Waals surface area contributed by atoms with E-state index in [4.69, 9.17) is 4.74 Å². The third-order valence-electron chi connectivity index (χ3n) is 5.28. The topological polar surface area (TPSA) is 65.9 Å². The highest BCUT2D eigenvalue weighted by molar-refractivity contribution is 5.87. The molecule has 0 spiro atoms. The van der Waals surface area contributed by atoms with Crippen molar-refractivity contribution in [3.8, 4) is 0 Å². The number of esters is 1. The van der Waals surface area contributed by atoms with Crippen LogP contribution in [0.1, 0.15) is 28.2 Å². The van der Waals surface area contributed by atoms with Crippen molar-refractivity contribution in [1.82, 2.24) is 14.8 Å². The number of ether oxygens (including phenoxy) is 1. The maximum Gasteiger partial charge on any atom is 0.356 e. The molecule has 3 rings (SSSR count). The van der Waals surface area contributed by atoms with Gasteiger partial charge in [0.25, 0.3) is 0 Å². The molecule has 1 aromatic heterocycles. The zero-order valence-corrected chi connectivity index (χ0v) is 16.1. The molecule has 0 aliphatic carbocycles. The second-order valence-corrected chi connectivity index (χ2v) is 7.26. The van der Waals surface area contributed by atoms with Crippen LogP contribution in [0.3, 0.4) is 0 Å². The normalized spacial score (nSPS) is 23.4. The lowest BCUT2D eigenvalue weighted by Crippen LogP contribution is -2.58. The highest BCUT2D eigenvalue weighted by atomic mass is 16.5. The largest absolute Gasteiger partial charge is 0.464 e. The summed E-state index contributed by atoms with van der Waals surface area (Å²) in [6, 6.07) is 15.2. The van der Waals surface area contributed by atoms with Crippen LogP contribution in [0.4, 0.5) is 0 Å². The Labute approximate surface area is 160 Å². The lowest BCUT2D eigenvalue weighted by molar-refractivity contribution is -0.0894. The Morgan fingerprint density at radius 1 is 1.26 bits per heavy atom. The first kappa shape index (κ1) is 19.5. The number of methoxy groups -OCH3 is 1. The Kier molecular flexibility index (Phi) is 5.89. The molecule has 27 heavy (non-hydrogen) atoms. The molecule has 6 nitrogen and oxygen atoms in total. The number of benzene rings is 1. The van der Waals surface area contributed by atoms with Crippen molar-refractivity contribution >= 4 is 5.97 Å². The van der Waals surface area contributed by atoms with Crippen molar-refractivity contribution in [3.63, 3.8) is 0 Å². The fraction of sp³-hybridized carbons (Fsp3) is 0.429. The summed E-state index contributed by atoms with van der Waals surface area (Å²) in [7, 11) is 5.35. The summed E-state index contributed by atoms with van der Waals surface area (Å²) in [5.41, 5.74) is 1.20. The Bertz CT molecular complexity index is 781. The zero-order chi connectivity index (χ0) is 19.4. The molecule has 0 bridgehead atoms. The van der Waals surface area contributed by atoms with E-state index in [9.17, 15) is 9.90 Å². The lowest BCUT2D eigenvalue weighted by atomic mass is 9.80. The number of likely N-dealkylation sites (tertiary alicyclic amines) is 1. The maximum absolute atomic E-state index is 11.7. The van der Waals surface area contributed by atoms with Crippen LogP contribution in [0.15, 0.2) is 48.5 Å². The average Bonchev–Trinajstić information content (AvgIpc) is 2.69. The predicted molar refractivity (Wildman–Crippen MR) is 103 cm³/mol. The van der Waals surface area contributed by atoms with E-state index in [1.165, 1.54) is 7.11 Å². The van der Waals surface area contributed by atoms with Gasteiger partial charge < -0.3 is 14.7 Å². The van der Waals surface area contributed by atoms with Crippen molar-refractivity contribution in [3.05, 3.63) is 65.5 Å². The van der Waals surface area contributed by atoms with E-state index < -0.39 is 11.6 Å². The molecule has 2 aromatic rings. The minimum Gasteiger partial charge on any atom is -0.464 e. The molecule has 144 valence electrons. The number of aromatic nitrogens is 1.